The van der Waals surface area contributed by atoms with Crippen LogP contribution in [0.3, 0.4) is 0 Å². The van der Waals surface area contributed by atoms with E-state index in [-0.39, 0.29) is 29.6 Å². The fourth-order valence-electron chi connectivity index (χ4n) is 6.12. The van der Waals surface area contributed by atoms with E-state index >= 15 is 0 Å². The van der Waals surface area contributed by atoms with Gasteiger partial charge in [0.05, 0.1) is 0 Å². The Morgan fingerprint density at radius 2 is 1.12 bits per heavy atom. The van der Waals surface area contributed by atoms with E-state index in [0.717, 1.165) is 59.1 Å². The van der Waals surface area contributed by atoms with Crippen molar-refractivity contribution in [2.24, 2.45) is 0 Å². The van der Waals surface area contributed by atoms with Crippen LogP contribution in [-0.4, -0.2) is 0 Å². The first-order valence-corrected chi connectivity index (χ1v) is 13.8. The maximum atomic E-state index is 13.2. The van der Waals surface area contributed by atoms with E-state index < -0.39 is 7.82 Å². The second-order valence-corrected chi connectivity index (χ2v) is 11.4. The van der Waals surface area contributed by atoms with Gasteiger partial charge in [0.2, 0.25) is 0 Å². The van der Waals surface area contributed by atoms with E-state index in [9.17, 15) is 9.46 Å². The van der Waals surface area contributed by atoms with Gasteiger partial charge in [-0.3, -0.25) is 0 Å². The molecule has 2 aromatic carbocycles. The number of phosphoric ester groups is 1. The average Bonchev–Trinajstić information content (AvgIpc) is 2.77. The second kappa shape index (κ2) is 10.5. The van der Waals surface area contributed by atoms with Gasteiger partial charge < -0.3 is 13.9 Å². The van der Waals surface area contributed by atoms with Gasteiger partial charge in [0.15, 0.2) is 0 Å². The van der Waals surface area contributed by atoms with Crippen molar-refractivity contribution in [2.45, 2.75) is 96.3 Å². The third-order valence-corrected chi connectivity index (χ3v) is 8.37. The minimum atomic E-state index is -4.56. The third-order valence-electron chi connectivity index (χ3n) is 7.55. The summed E-state index contributed by atoms with van der Waals surface area (Å²) < 4.78 is 24.7. The van der Waals surface area contributed by atoms with Gasteiger partial charge in [-0.15, -0.1) is 0 Å². The van der Waals surface area contributed by atoms with E-state index in [1.165, 1.54) is 38.5 Å². The first kappa shape index (κ1) is 25.3. The molecular formula is C27H34NaO4P. The normalized spacial score (nSPS) is 20.8. The average molecular weight is 477 g/mol. The summed E-state index contributed by atoms with van der Waals surface area (Å²) in [6.07, 6.45) is 12.2. The number of phosphoric acid groups is 1. The third kappa shape index (κ3) is 5.57. The number of hydrogen-bond donors (Lipinski definition) is 0. The van der Waals surface area contributed by atoms with Crippen LogP contribution >= 0.6 is 7.82 Å². The number of rotatable bonds is 2. The molecule has 2 aromatic rings. The largest absolute Gasteiger partial charge is 1.00 e. The van der Waals surface area contributed by atoms with Crippen LogP contribution in [0.25, 0.3) is 0 Å². The molecule has 0 unspecified atom stereocenters. The molecule has 1 heterocycles. The van der Waals surface area contributed by atoms with Gasteiger partial charge in [-0.2, -0.15) is 0 Å². The molecule has 0 spiro atoms. The zero-order chi connectivity index (χ0) is 22.3. The molecule has 0 amide bonds. The molecule has 0 bridgehead atoms. The van der Waals surface area contributed by atoms with Crippen molar-refractivity contribution in [3.05, 3.63) is 57.6 Å². The van der Waals surface area contributed by atoms with Crippen LogP contribution in [0, 0.1) is 13.8 Å². The van der Waals surface area contributed by atoms with E-state index in [1.54, 1.807) is 0 Å². The number of hydrogen-bond acceptors (Lipinski definition) is 4. The van der Waals surface area contributed by atoms with Crippen molar-refractivity contribution < 1.29 is 48.1 Å². The van der Waals surface area contributed by atoms with Crippen LogP contribution in [0.2, 0.25) is 0 Å². The summed E-state index contributed by atoms with van der Waals surface area (Å²) in [5.74, 6) is 1.75. The molecule has 5 rings (SSSR count). The Morgan fingerprint density at radius 3 is 1.52 bits per heavy atom. The van der Waals surface area contributed by atoms with Gasteiger partial charge >= 0.3 is 37.4 Å². The van der Waals surface area contributed by atoms with Gasteiger partial charge in [-0.1, -0.05) is 73.9 Å². The van der Waals surface area contributed by atoms with Crippen LogP contribution < -0.4 is 43.5 Å². The SMILES string of the molecule is Cc1cc2c(c(C3CCCCC3)c1)OP(=O)([O-])Oc1c(cc(C)cc1C1CCCCC1)C2.[Na+]. The molecule has 0 atom stereocenters. The van der Waals surface area contributed by atoms with E-state index in [2.05, 4.69) is 38.1 Å². The first-order chi connectivity index (χ1) is 15.4. The van der Waals surface area contributed by atoms with Crippen LogP contribution in [0.1, 0.15) is 109 Å². The molecule has 33 heavy (non-hydrogen) atoms. The van der Waals surface area contributed by atoms with Crippen molar-refractivity contribution in [3.8, 4) is 11.5 Å². The van der Waals surface area contributed by atoms with Gasteiger partial charge in [-0.05, 0) is 73.6 Å². The Hall–Kier alpha value is -0.770. The van der Waals surface area contributed by atoms with Crippen LogP contribution in [0.5, 0.6) is 11.5 Å². The van der Waals surface area contributed by atoms with E-state index in [1.807, 2.05) is 0 Å². The van der Waals surface area contributed by atoms with Crippen molar-refractivity contribution in [3.63, 3.8) is 0 Å². The van der Waals surface area contributed by atoms with Crippen molar-refractivity contribution in [1.29, 1.82) is 0 Å². The summed E-state index contributed by atoms with van der Waals surface area (Å²) in [4.78, 5) is 13.2. The molecule has 0 radical (unpaired) electrons. The molecule has 2 saturated carbocycles. The fourth-order valence-corrected chi connectivity index (χ4v) is 7.05. The summed E-state index contributed by atoms with van der Waals surface area (Å²) in [6, 6.07) is 8.45. The van der Waals surface area contributed by atoms with Crippen LogP contribution in [0.15, 0.2) is 24.3 Å². The number of aryl methyl sites for hydroxylation is 2. The molecular weight excluding hydrogens is 442 g/mol. The van der Waals surface area contributed by atoms with Crippen LogP contribution in [0.4, 0.5) is 0 Å². The maximum absolute atomic E-state index is 13.2. The molecule has 2 fully saturated rings. The molecule has 172 valence electrons. The Morgan fingerprint density at radius 1 is 0.727 bits per heavy atom. The molecule has 2 aliphatic carbocycles. The Kier molecular flexibility index (Phi) is 8.03. The predicted molar refractivity (Wildman–Crippen MR) is 126 cm³/mol. The molecule has 3 aliphatic rings. The zero-order valence-corrected chi connectivity index (χ0v) is 23.2. The van der Waals surface area contributed by atoms with Crippen LogP contribution in [-0.2, 0) is 11.0 Å². The minimum absolute atomic E-state index is 0. The molecule has 0 N–H and O–H groups in total. The molecule has 0 aromatic heterocycles. The Balaban J connectivity index is 0.00000259. The first-order valence-electron chi connectivity index (χ1n) is 12.4. The van der Waals surface area contributed by atoms with Gasteiger partial charge in [0.1, 0.15) is 11.5 Å². The maximum Gasteiger partial charge on any atom is 1.00 e. The minimum Gasteiger partial charge on any atom is -0.736 e. The summed E-state index contributed by atoms with van der Waals surface area (Å²) in [5.41, 5.74) is 6.34. The molecule has 6 heteroatoms. The zero-order valence-electron chi connectivity index (χ0n) is 20.3. The van der Waals surface area contributed by atoms with Crippen molar-refractivity contribution >= 4 is 7.82 Å². The Labute approximate surface area is 220 Å². The molecule has 4 nitrogen and oxygen atoms in total. The van der Waals surface area contributed by atoms with Crippen molar-refractivity contribution in [1.82, 2.24) is 0 Å². The summed E-state index contributed by atoms with van der Waals surface area (Å²) in [5, 5.41) is 0. The summed E-state index contributed by atoms with van der Waals surface area (Å²) in [7, 11) is -4.56. The van der Waals surface area contributed by atoms with Gasteiger partial charge in [0, 0.05) is 6.42 Å². The molecule has 0 saturated heterocycles. The standard InChI is InChI=1S/C27H35O4P.Na/c1-18-13-22-17-23-14-19(2)16-25(21-11-7-4-8-12-21)27(23)31-32(28,29)30-26(22)24(15-18)20-9-5-3-6-10-20;/h13-16,20-21H,3-12,17H2,1-2H3,(H,28,29);/q;+1/p-1. The van der Waals surface area contributed by atoms with Crippen molar-refractivity contribution in [2.75, 3.05) is 0 Å². The summed E-state index contributed by atoms with van der Waals surface area (Å²) >= 11 is 0. The summed E-state index contributed by atoms with van der Waals surface area (Å²) in [6.45, 7) is 4.20. The quantitative estimate of drug-likeness (QED) is 0.481. The van der Waals surface area contributed by atoms with E-state index in [0.29, 0.717) is 29.8 Å². The predicted octanol–water partition coefficient (Wildman–Crippen LogP) is 4.23. The second-order valence-electron chi connectivity index (χ2n) is 10.2. The van der Waals surface area contributed by atoms with Gasteiger partial charge in [-0.25, -0.2) is 4.57 Å². The van der Waals surface area contributed by atoms with E-state index in [4.69, 9.17) is 9.05 Å². The Bertz CT molecular complexity index is 975. The monoisotopic (exact) mass is 476 g/mol. The number of benzene rings is 2. The molecule has 1 aliphatic heterocycles. The van der Waals surface area contributed by atoms with Gasteiger partial charge in [0.25, 0.3) is 0 Å². The number of fused-ring (bicyclic) bond motifs is 2. The fraction of sp³-hybridized carbons (Fsp3) is 0.556. The topological polar surface area (TPSA) is 58.6 Å². The smallest absolute Gasteiger partial charge is 0.736 e.